The molecule has 0 aliphatic carbocycles. The van der Waals surface area contributed by atoms with E-state index in [9.17, 15) is 19.2 Å². The van der Waals surface area contributed by atoms with Gasteiger partial charge in [-0.15, -0.1) is 0 Å². The van der Waals surface area contributed by atoms with Crippen LogP contribution in [0.15, 0.2) is 59.8 Å². The number of esters is 1. The summed E-state index contributed by atoms with van der Waals surface area (Å²) in [5, 5.41) is 8.30. The highest BCUT2D eigenvalue weighted by Gasteiger charge is 2.52. The van der Waals surface area contributed by atoms with Gasteiger partial charge in [0.1, 0.15) is 17.9 Å². The number of aromatic nitrogens is 1. The molecule has 0 saturated carbocycles. The maximum atomic E-state index is 15.6. The van der Waals surface area contributed by atoms with E-state index in [4.69, 9.17) is 4.74 Å². The van der Waals surface area contributed by atoms with E-state index in [1.165, 1.54) is 0 Å². The molecule has 3 aliphatic heterocycles. The van der Waals surface area contributed by atoms with Crippen LogP contribution in [0.4, 0.5) is 8.63 Å². The third-order valence-electron chi connectivity index (χ3n) is 8.68. The Labute approximate surface area is 267 Å². The van der Waals surface area contributed by atoms with Crippen LogP contribution in [0, 0.1) is 0 Å². The molecule has 3 atom stereocenters. The van der Waals surface area contributed by atoms with Crippen LogP contribution in [0.25, 0.3) is 6.08 Å². The Bertz CT molecular complexity index is 1620. The lowest BCUT2D eigenvalue weighted by Gasteiger charge is -2.33. The monoisotopic (exact) mass is 635 g/mol. The first-order valence-electron chi connectivity index (χ1n) is 15.8. The summed E-state index contributed by atoms with van der Waals surface area (Å²) in [5.41, 5.74) is 3.53. The molecule has 3 N–H and O–H groups in total. The average molecular weight is 636 g/mol. The van der Waals surface area contributed by atoms with Gasteiger partial charge in [0.2, 0.25) is 17.7 Å². The lowest BCUT2D eigenvalue weighted by molar-refractivity contribution is -0.362. The molecule has 0 spiro atoms. The number of carbonyl (C=O) groups is 4. The number of hydrogen-bond donors (Lipinski definition) is 3. The number of fused-ring (bicyclic) bond motifs is 2. The number of amides is 3. The summed E-state index contributed by atoms with van der Waals surface area (Å²) in [5.74, 6) is -1.45. The van der Waals surface area contributed by atoms with Crippen LogP contribution in [0.2, 0.25) is 0 Å². The fourth-order valence-corrected chi connectivity index (χ4v) is 6.24. The number of benzene rings is 1. The molecule has 4 heterocycles. The van der Waals surface area contributed by atoms with Crippen LogP contribution in [-0.4, -0.2) is 70.1 Å². The maximum Gasteiger partial charge on any atom is 0.737 e. The van der Waals surface area contributed by atoms with Crippen LogP contribution >= 0.6 is 0 Å². The van der Waals surface area contributed by atoms with E-state index in [0.717, 1.165) is 20.1 Å². The number of halogens is 2. The lowest BCUT2D eigenvalue weighted by atomic mass is 9.89. The maximum absolute atomic E-state index is 15.6. The molecule has 10 nitrogen and oxygen atoms in total. The van der Waals surface area contributed by atoms with E-state index in [2.05, 4.69) is 16.0 Å². The SMILES string of the molecule is CC1=CC(C)=[N+]2C1=Cc1ccc(CCC(=O)NCCCCCC(=O)NC(Cc3ccccc3)C(=O)NC3C(=O)OC3C)n1[B-]2(F)F. The minimum Gasteiger partial charge on any atom is -0.458 e. The summed E-state index contributed by atoms with van der Waals surface area (Å²) in [6, 6.07) is 11.0. The van der Waals surface area contributed by atoms with Crippen molar-refractivity contribution in [1.82, 2.24) is 20.4 Å². The highest BCUT2D eigenvalue weighted by atomic mass is 19.2. The number of allylic oxidation sites excluding steroid dienone is 2. The summed E-state index contributed by atoms with van der Waals surface area (Å²) >= 11 is 0. The van der Waals surface area contributed by atoms with Gasteiger partial charge in [0.25, 0.3) is 0 Å². The van der Waals surface area contributed by atoms with Gasteiger partial charge in [-0.3, -0.25) is 14.4 Å². The second kappa shape index (κ2) is 13.8. The number of ether oxygens (including phenoxy) is 1. The van der Waals surface area contributed by atoms with E-state index >= 15 is 8.63 Å². The quantitative estimate of drug-likeness (QED) is 0.167. The van der Waals surface area contributed by atoms with Crippen LogP contribution in [0.1, 0.15) is 69.8 Å². The third kappa shape index (κ3) is 7.13. The van der Waals surface area contributed by atoms with Gasteiger partial charge < -0.3 is 38.3 Å². The third-order valence-corrected chi connectivity index (χ3v) is 8.68. The van der Waals surface area contributed by atoms with Crippen molar-refractivity contribution in [2.75, 3.05) is 6.54 Å². The number of carbonyl (C=O) groups excluding carboxylic acids is 4. The molecule has 3 aliphatic rings. The Morgan fingerprint density at radius 3 is 2.48 bits per heavy atom. The fraction of sp³-hybridized carbons (Fsp3) is 0.424. The van der Waals surface area contributed by atoms with Crippen molar-refractivity contribution in [1.29, 1.82) is 0 Å². The van der Waals surface area contributed by atoms with Crippen molar-refractivity contribution in [3.63, 3.8) is 0 Å². The molecule has 244 valence electrons. The van der Waals surface area contributed by atoms with Gasteiger partial charge in [-0.1, -0.05) is 36.8 Å². The molecule has 46 heavy (non-hydrogen) atoms. The second-order valence-corrected chi connectivity index (χ2v) is 12.2. The van der Waals surface area contributed by atoms with Gasteiger partial charge in [0, 0.05) is 56.2 Å². The topological polar surface area (TPSA) is 122 Å². The summed E-state index contributed by atoms with van der Waals surface area (Å²) in [4.78, 5) is 49.8. The molecule has 1 aromatic heterocycles. The summed E-state index contributed by atoms with van der Waals surface area (Å²) < 4.78 is 38.2. The summed E-state index contributed by atoms with van der Waals surface area (Å²) in [7, 11) is 0. The second-order valence-electron chi connectivity index (χ2n) is 12.2. The Morgan fingerprint density at radius 1 is 1.00 bits per heavy atom. The molecule has 0 radical (unpaired) electrons. The molecular formula is C33H40BF2N5O5. The molecular weight excluding hydrogens is 595 g/mol. The fourth-order valence-electron chi connectivity index (χ4n) is 6.24. The van der Waals surface area contributed by atoms with Gasteiger partial charge in [-0.2, -0.15) is 0 Å². The van der Waals surface area contributed by atoms with E-state index in [0.29, 0.717) is 48.6 Å². The smallest absolute Gasteiger partial charge is 0.458 e. The highest BCUT2D eigenvalue weighted by molar-refractivity contribution is 6.58. The van der Waals surface area contributed by atoms with Gasteiger partial charge in [-0.25, -0.2) is 4.79 Å². The van der Waals surface area contributed by atoms with Crippen LogP contribution in [0.5, 0.6) is 0 Å². The molecule has 2 aromatic rings. The van der Waals surface area contributed by atoms with Crippen LogP contribution in [-0.2, 0) is 36.8 Å². The van der Waals surface area contributed by atoms with Gasteiger partial charge in [0.05, 0.1) is 0 Å². The molecule has 13 heteroatoms. The number of unbranched alkanes of at least 4 members (excludes halogenated alkanes) is 2. The molecule has 1 aromatic carbocycles. The van der Waals surface area contributed by atoms with E-state index in [1.54, 1.807) is 38.1 Å². The highest BCUT2D eigenvalue weighted by Crippen LogP contribution is 2.35. The van der Waals surface area contributed by atoms with Gasteiger partial charge >= 0.3 is 12.9 Å². The number of cyclic esters (lactones) is 1. The van der Waals surface area contributed by atoms with Crippen molar-refractivity contribution >= 4 is 42.4 Å². The van der Waals surface area contributed by atoms with E-state index in [-0.39, 0.29) is 37.5 Å². The van der Waals surface area contributed by atoms with Crippen molar-refractivity contribution < 1.29 is 37.0 Å². The molecule has 1 fully saturated rings. The zero-order chi connectivity index (χ0) is 33.0. The Balaban J connectivity index is 1.03. The number of rotatable bonds is 14. The Morgan fingerprint density at radius 2 is 1.76 bits per heavy atom. The lowest BCUT2D eigenvalue weighted by Crippen LogP contribution is -2.62. The van der Waals surface area contributed by atoms with Gasteiger partial charge in [-0.05, 0) is 56.5 Å². The first-order valence-corrected chi connectivity index (χ1v) is 15.8. The first kappa shape index (κ1) is 32.8. The number of nitrogens with zero attached hydrogens (tertiary/aromatic N) is 2. The predicted octanol–water partition coefficient (Wildman–Crippen LogP) is 3.27. The van der Waals surface area contributed by atoms with Gasteiger partial charge in [0.15, 0.2) is 11.7 Å². The standard InChI is InChI=1S/C33H40BF2N5O5/c1-21-18-22(2)40-28(21)20-26-14-13-25(41(26)34(40,35)36)15-16-29(42)37-17-9-5-8-12-30(43)38-27(19-24-10-6-4-7-11-24)32(44)39-31-23(3)46-33(31)45/h4,6-7,10-11,13-14,18,20,23,27,31H,5,8-9,12,15-17,19H2,1-3H3,(H,37,42)(H,38,43)(H,39,44). The predicted molar refractivity (Wildman–Crippen MR) is 170 cm³/mol. The zero-order valence-corrected chi connectivity index (χ0v) is 26.4. The first-order chi connectivity index (χ1) is 22.0. The summed E-state index contributed by atoms with van der Waals surface area (Å²) in [6.45, 7) is 1.53. The van der Waals surface area contributed by atoms with Crippen LogP contribution in [0.3, 0.4) is 0 Å². The van der Waals surface area contributed by atoms with Crippen LogP contribution < -0.4 is 16.0 Å². The van der Waals surface area contributed by atoms with Crippen molar-refractivity contribution in [2.24, 2.45) is 0 Å². The minimum absolute atomic E-state index is 0.0801. The molecule has 3 amide bonds. The van der Waals surface area contributed by atoms with E-state index in [1.807, 2.05) is 37.3 Å². The molecule has 3 unspecified atom stereocenters. The van der Waals surface area contributed by atoms with Crippen molar-refractivity contribution in [3.05, 3.63) is 76.8 Å². The van der Waals surface area contributed by atoms with Crippen molar-refractivity contribution in [3.8, 4) is 0 Å². The number of aryl methyl sites for hydroxylation is 1. The largest absolute Gasteiger partial charge is 0.737 e. The van der Waals surface area contributed by atoms with Crippen molar-refractivity contribution in [2.45, 2.75) is 83.9 Å². The zero-order valence-electron chi connectivity index (χ0n) is 26.4. The summed E-state index contributed by atoms with van der Waals surface area (Å²) in [6.07, 6.45) is 5.70. The Hall–Kier alpha value is -4.55. The molecule has 0 bridgehead atoms. The normalized spacial score (nSPS) is 20.0. The number of nitrogens with one attached hydrogen (secondary N) is 3. The van der Waals surface area contributed by atoms with E-state index < -0.39 is 37.0 Å². The average Bonchev–Trinajstić information content (AvgIpc) is 3.57. The Kier molecular flexibility index (Phi) is 9.88. The minimum atomic E-state index is -4.06. The molecule has 1 saturated heterocycles. The molecule has 5 rings (SSSR count). The number of hydrogen-bond acceptors (Lipinski definition) is 5.